The highest BCUT2D eigenvalue weighted by Gasteiger charge is 2.11. The summed E-state index contributed by atoms with van der Waals surface area (Å²) in [5, 5.41) is 4.10. The van der Waals surface area contributed by atoms with E-state index in [0.717, 1.165) is 10.9 Å². The summed E-state index contributed by atoms with van der Waals surface area (Å²) in [4.78, 5) is 24.9. The highest BCUT2D eigenvalue weighted by molar-refractivity contribution is 6.29. The van der Waals surface area contributed by atoms with E-state index in [9.17, 15) is 4.79 Å². The minimum atomic E-state index is -0.332. The standard InChI is InChI=1S/C18H12ClN5O/c19-16-9-13(7-8-20-16)22-18(25)15-10-24(11-21-15)17-6-5-12-3-1-2-4-14(12)23-17/h1-11H,(H,20,22,25). The van der Waals surface area contributed by atoms with Crippen LogP contribution in [-0.4, -0.2) is 25.4 Å². The monoisotopic (exact) mass is 349 g/mol. The Morgan fingerprint density at radius 2 is 1.96 bits per heavy atom. The molecule has 0 fully saturated rings. The number of hydrogen-bond donors (Lipinski definition) is 1. The lowest BCUT2D eigenvalue weighted by Crippen LogP contribution is -2.12. The average Bonchev–Trinajstić information content (AvgIpc) is 3.12. The minimum Gasteiger partial charge on any atom is -0.320 e. The van der Waals surface area contributed by atoms with Crippen molar-refractivity contribution in [1.82, 2.24) is 19.5 Å². The molecule has 4 rings (SSSR count). The molecule has 0 bridgehead atoms. The van der Waals surface area contributed by atoms with Crippen LogP contribution in [-0.2, 0) is 0 Å². The van der Waals surface area contributed by atoms with Gasteiger partial charge in [-0.3, -0.25) is 9.36 Å². The quantitative estimate of drug-likeness (QED) is 0.572. The fraction of sp³-hybridized carbons (Fsp3) is 0. The zero-order valence-corrected chi connectivity index (χ0v) is 13.7. The summed E-state index contributed by atoms with van der Waals surface area (Å²) in [6.07, 6.45) is 4.72. The predicted molar refractivity (Wildman–Crippen MR) is 96.1 cm³/mol. The smallest absolute Gasteiger partial charge is 0.275 e. The Balaban J connectivity index is 1.59. The number of hydrogen-bond acceptors (Lipinski definition) is 4. The van der Waals surface area contributed by atoms with E-state index in [1.165, 1.54) is 6.20 Å². The van der Waals surface area contributed by atoms with Gasteiger partial charge in [0, 0.05) is 23.5 Å². The number of amides is 1. The second-order valence-corrected chi connectivity index (χ2v) is 5.74. The number of halogens is 1. The maximum Gasteiger partial charge on any atom is 0.275 e. The highest BCUT2D eigenvalue weighted by atomic mass is 35.5. The van der Waals surface area contributed by atoms with Crippen LogP contribution in [0, 0.1) is 0 Å². The third-order valence-corrected chi connectivity index (χ3v) is 3.85. The molecule has 0 radical (unpaired) electrons. The molecule has 4 aromatic rings. The van der Waals surface area contributed by atoms with Crippen LogP contribution < -0.4 is 5.32 Å². The molecule has 1 amide bonds. The SMILES string of the molecule is O=C(Nc1ccnc(Cl)c1)c1cn(-c2ccc3ccccc3n2)cn1. The lowest BCUT2D eigenvalue weighted by molar-refractivity contribution is 0.102. The molecule has 0 aliphatic rings. The molecule has 0 saturated heterocycles. The number of benzene rings is 1. The van der Waals surface area contributed by atoms with Gasteiger partial charge in [0.1, 0.15) is 23.0 Å². The van der Waals surface area contributed by atoms with E-state index < -0.39 is 0 Å². The molecule has 0 saturated carbocycles. The van der Waals surface area contributed by atoms with E-state index in [1.807, 2.05) is 36.4 Å². The molecule has 3 heterocycles. The second-order valence-electron chi connectivity index (χ2n) is 5.35. The number of nitrogens with zero attached hydrogens (tertiary/aromatic N) is 4. The molecule has 0 aliphatic carbocycles. The molecular formula is C18H12ClN5O. The summed E-state index contributed by atoms with van der Waals surface area (Å²) in [7, 11) is 0. The van der Waals surface area contributed by atoms with E-state index in [0.29, 0.717) is 16.7 Å². The van der Waals surface area contributed by atoms with Crippen LogP contribution in [0.5, 0.6) is 0 Å². The maximum absolute atomic E-state index is 12.3. The van der Waals surface area contributed by atoms with Crippen molar-refractivity contribution in [2.45, 2.75) is 0 Å². The number of para-hydroxylation sites is 1. The second kappa shape index (κ2) is 6.33. The van der Waals surface area contributed by atoms with Crippen molar-refractivity contribution in [3.63, 3.8) is 0 Å². The normalized spacial score (nSPS) is 10.8. The molecule has 0 aliphatic heterocycles. The van der Waals surface area contributed by atoms with Gasteiger partial charge in [-0.15, -0.1) is 0 Å². The van der Waals surface area contributed by atoms with Crippen LogP contribution in [0.2, 0.25) is 5.15 Å². The highest BCUT2D eigenvalue weighted by Crippen LogP contribution is 2.16. The summed E-state index contributed by atoms with van der Waals surface area (Å²) in [6, 6.07) is 14.9. The van der Waals surface area contributed by atoms with Crippen molar-refractivity contribution < 1.29 is 4.79 Å². The Bertz CT molecular complexity index is 1080. The number of nitrogens with one attached hydrogen (secondary N) is 1. The summed E-state index contributed by atoms with van der Waals surface area (Å²) < 4.78 is 1.71. The van der Waals surface area contributed by atoms with Gasteiger partial charge in [0.25, 0.3) is 5.91 Å². The first-order valence-corrected chi connectivity index (χ1v) is 7.90. The summed E-state index contributed by atoms with van der Waals surface area (Å²) in [6.45, 7) is 0. The van der Waals surface area contributed by atoms with Crippen molar-refractivity contribution in [3.05, 3.63) is 78.1 Å². The van der Waals surface area contributed by atoms with Crippen molar-refractivity contribution in [3.8, 4) is 5.82 Å². The third kappa shape index (κ3) is 3.20. The van der Waals surface area contributed by atoms with Gasteiger partial charge < -0.3 is 5.32 Å². The Kier molecular flexibility index (Phi) is 3.87. The van der Waals surface area contributed by atoms with Gasteiger partial charge in [0.2, 0.25) is 0 Å². The molecule has 7 heteroatoms. The predicted octanol–water partition coefficient (Wildman–Crippen LogP) is 3.72. The Morgan fingerprint density at radius 1 is 1.08 bits per heavy atom. The molecular weight excluding hydrogens is 338 g/mol. The van der Waals surface area contributed by atoms with E-state index >= 15 is 0 Å². The number of pyridine rings is 2. The van der Waals surface area contributed by atoms with Crippen LogP contribution in [0.25, 0.3) is 16.7 Å². The number of aromatic nitrogens is 4. The summed E-state index contributed by atoms with van der Waals surface area (Å²) >= 11 is 5.82. The molecule has 6 nitrogen and oxygen atoms in total. The van der Waals surface area contributed by atoms with Gasteiger partial charge in [-0.2, -0.15) is 0 Å². The van der Waals surface area contributed by atoms with E-state index in [1.54, 1.807) is 29.2 Å². The average molecular weight is 350 g/mol. The van der Waals surface area contributed by atoms with Crippen molar-refractivity contribution in [2.24, 2.45) is 0 Å². The molecule has 1 aromatic carbocycles. The summed E-state index contributed by atoms with van der Waals surface area (Å²) in [5.41, 5.74) is 1.72. The molecule has 3 aromatic heterocycles. The zero-order valence-electron chi connectivity index (χ0n) is 12.9. The first-order valence-electron chi connectivity index (χ1n) is 7.52. The van der Waals surface area contributed by atoms with Gasteiger partial charge in [-0.25, -0.2) is 15.0 Å². The number of fused-ring (bicyclic) bond motifs is 1. The van der Waals surface area contributed by atoms with Gasteiger partial charge in [-0.05, 0) is 30.3 Å². The van der Waals surface area contributed by atoms with Gasteiger partial charge >= 0.3 is 0 Å². The Morgan fingerprint density at radius 3 is 2.84 bits per heavy atom. The molecule has 0 spiro atoms. The third-order valence-electron chi connectivity index (χ3n) is 3.65. The van der Waals surface area contributed by atoms with Crippen LogP contribution in [0.4, 0.5) is 5.69 Å². The van der Waals surface area contributed by atoms with E-state index in [2.05, 4.69) is 20.3 Å². The van der Waals surface area contributed by atoms with Gasteiger partial charge in [0.05, 0.1) is 5.52 Å². The van der Waals surface area contributed by atoms with Crippen molar-refractivity contribution in [1.29, 1.82) is 0 Å². The first kappa shape index (κ1) is 15.3. The minimum absolute atomic E-state index is 0.280. The fourth-order valence-corrected chi connectivity index (χ4v) is 2.61. The van der Waals surface area contributed by atoms with Crippen LogP contribution in [0.1, 0.15) is 10.5 Å². The topological polar surface area (TPSA) is 72.7 Å². The van der Waals surface area contributed by atoms with Crippen molar-refractivity contribution in [2.75, 3.05) is 5.32 Å². The van der Waals surface area contributed by atoms with Crippen molar-refractivity contribution >= 4 is 34.1 Å². The zero-order chi connectivity index (χ0) is 17.2. The van der Waals surface area contributed by atoms with Crippen LogP contribution >= 0.6 is 11.6 Å². The summed E-state index contributed by atoms with van der Waals surface area (Å²) in [5.74, 6) is 0.360. The number of rotatable bonds is 3. The fourth-order valence-electron chi connectivity index (χ4n) is 2.44. The van der Waals surface area contributed by atoms with Gasteiger partial charge in [-0.1, -0.05) is 29.8 Å². The maximum atomic E-state index is 12.3. The Hall–Kier alpha value is -3.25. The number of anilines is 1. The number of carbonyl (C=O) groups is 1. The van der Waals surface area contributed by atoms with E-state index in [-0.39, 0.29) is 11.6 Å². The lowest BCUT2D eigenvalue weighted by Gasteiger charge is -2.04. The number of carbonyl (C=O) groups excluding carboxylic acids is 1. The van der Waals surface area contributed by atoms with Crippen LogP contribution in [0.15, 0.2) is 67.3 Å². The molecule has 0 unspecified atom stereocenters. The Labute approximate surface area is 148 Å². The molecule has 122 valence electrons. The first-order chi connectivity index (χ1) is 12.2. The molecule has 25 heavy (non-hydrogen) atoms. The van der Waals surface area contributed by atoms with Gasteiger partial charge in [0.15, 0.2) is 0 Å². The lowest BCUT2D eigenvalue weighted by atomic mass is 10.2. The molecule has 0 atom stereocenters. The number of imidazole rings is 1. The molecule has 1 N–H and O–H groups in total. The van der Waals surface area contributed by atoms with E-state index in [4.69, 9.17) is 11.6 Å². The van der Waals surface area contributed by atoms with Crippen LogP contribution in [0.3, 0.4) is 0 Å². The largest absolute Gasteiger partial charge is 0.320 e.